The number of carbonyl (C=O) groups is 1. The molecule has 0 saturated carbocycles. The van der Waals surface area contributed by atoms with Gasteiger partial charge in [0.1, 0.15) is 0 Å². The van der Waals surface area contributed by atoms with E-state index < -0.39 is 0 Å². The molecule has 0 aliphatic carbocycles. The molecule has 0 aromatic heterocycles. The van der Waals surface area contributed by atoms with Gasteiger partial charge in [-0.1, -0.05) is 13.3 Å². The van der Waals surface area contributed by atoms with Gasteiger partial charge in [0, 0.05) is 25.7 Å². The third kappa shape index (κ3) is 5.17. The second-order valence-electron chi connectivity index (χ2n) is 4.30. The summed E-state index contributed by atoms with van der Waals surface area (Å²) in [5, 5.41) is 3.34. The molecular formula is C12H24N2O2S. The van der Waals surface area contributed by atoms with Crippen LogP contribution >= 0.6 is 11.8 Å². The monoisotopic (exact) mass is 260 g/mol. The summed E-state index contributed by atoms with van der Waals surface area (Å²) < 4.78 is 5.28. The third-order valence-corrected chi connectivity index (χ3v) is 3.61. The molecule has 1 heterocycles. The Balaban J connectivity index is 2.37. The van der Waals surface area contributed by atoms with Crippen molar-refractivity contribution < 1.29 is 9.53 Å². The SMILES string of the molecule is CCCCOC(=O)N1CCNC[C@@H]1CCSC. The maximum atomic E-state index is 11.9. The topological polar surface area (TPSA) is 41.6 Å². The van der Waals surface area contributed by atoms with Gasteiger partial charge in [0.25, 0.3) is 0 Å². The normalized spacial score (nSPS) is 20.4. The molecule has 1 N–H and O–H groups in total. The van der Waals surface area contributed by atoms with E-state index in [2.05, 4.69) is 18.5 Å². The molecule has 1 fully saturated rings. The van der Waals surface area contributed by atoms with Gasteiger partial charge in [0.15, 0.2) is 0 Å². The van der Waals surface area contributed by atoms with Crippen LogP contribution in [0.1, 0.15) is 26.2 Å². The molecule has 0 radical (unpaired) electrons. The number of amides is 1. The van der Waals surface area contributed by atoms with Gasteiger partial charge in [-0.15, -0.1) is 0 Å². The molecule has 0 aromatic carbocycles. The van der Waals surface area contributed by atoms with Crippen LogP contribution < -0.4 is 5.32 Å². The molecule has 5 heteroatoms. The van der Waals surface area contributed by atoms with Crippen LogP contribution in [-0.2, 0) is 4.74 Å². The van der Waals surface area contributed by atoms with Gasteiger partial charge in [-0.2, -0.15) is 11.8 Å². The van der Waals surface area contributed by atoms with Crippen molar-refractivity contribution in [3.63, 3.8) is 0 Å². The number of hydrogen-bond donors (Lipinski definition) is 1. The fourth-order valence-electron chi connectivity index (χ4n) is 1.90. The first-order chi connectivity index (χ1) is 8.29. The first kappa shape index (κ1) is 14.6. The van der Waals surface area contributed by atoms with Crippen LogP contribution in [0, 0.1) is 0 Å². The van der Waals surface area contributed by atoms with E-state index in [9.17, 15) is 4.79 Å². The highest BCUT2D eigenvalue weighted by atomic mass is 32.2. The highest BCUT2D eigenvalue weighted by molar-refractivity contribution is 7.98. The summed E-state index contributed by atoms with van der Waals surface area (Å²) in [4.78, 5) is 13.8. The fraction of sp³-hybridized carbons (Fsp3) is 0.917. The number of nitrogens with zero attached hydrogens (tertiary/aromatic N) is 1. The van der Waals surface area contributed by atoms with Crippen molar-refractivity contribution >= 4 is 17.9 Å². The molecule has 0 spiro atoms. The van der Waals surface area contributed by atoms with E-state index in [-0.39, 0.29) is 6.09 Å². The molecule has 1 aliphatic rings. The minimum atomic E-state index is -0.133. The molecule has 1 aliphatic heterocycles. The van der Waals surface area contributed by atoms with E-state index in [0.29, 0.717) is 12.6 Å². The van der Waals surface area contributed by atoms with Crippen LogP contribution in [0.2, 0.25) is 0 Å². The van der Waals surface area contributed by atoms with Crippen molar-refractivity contribution in [2.45, 2.75) is 32.2 Å². The standard InChI is InChI=1S/C12H24N2O2S/c1-3-4-8-16-12(15)14-7-6-13-10-11(14)5-9-17-2/h11,13H,3-10H2,1-2H3/t11-/m0/s1. The molecule has 0 bridgehead atoms. The fourth-order valence-corrected chi connectivity index (χ4v) is 2.41. The summed E-state index contributed by atoms with van der Waals surface area (Å²) in [5.41, 5.74) is 0. The Morgan fingerprint density at radius 2 is 2.41 bits per heavy atom. The zero-order valence-corrected chi connectivity index (χ0v) is 11.7. The second kappa shape index (κ2) is 8.64. The molecule has 1 amide bonds. The van der Waals surface area contributed by atoms with Crippen LogP contribution in [-0.4, -0.2) is 55.3 Å². The van der Waals surface area contributed by atoms with E-state index in [1.807, 2.05) is 16.7 Å². The first-order valence-corrected chi connectivity index (χ1v) is 7.82. The van der Waals surface area contributed by atoms with Crippen LogP contribution in [0.3, 0.4) is 0 Å². The Morgan fingerprint density at radius 3 is 3.12 bits per heavy atom. The second-order valence-corrected chi connectivity index (χ2v) is 5.29. The van der Waals surface area contributed by atoms with Gasteiger partial charge < -0.3 is 15.0 Å². The van der Waals surface area contributed by atoms with Crippen molar-refractivity contribution in [2.75, 3.05) is 38.2 Å². The van der Waals surface area contributed by atoms with Crippen molar-refractivity contribution in [2.24, 2.45) is 0 Å². The molecule has 100 valence electrons. The summed E-state index contributed by atoms with van der Waals surface area (Å²) in [7, 11) is 0. The summed E-state index contributed by atoms with van der Waals surface area (Å²) in [5.74, 6) is 1.09. The molecule has 1 rings (SSSR count). The minimum Gasteiger partial charge on any atom is -0.449 e. The Hall–Kier alpha value is -0.420. The van der Waals surface area contributed by atoms with Crippen molar-refractivity contribution in [1.82, 2.24) is 10.2 Å². The maximum absolute atomic E-state index is 11.9. The van der Waals surface area contributed by atoms with Gasteiger partial charge >= 0.3 is 6.09 Å². The number of piperazine rings is 1. The van der Waals surface area contributed by atoms with Crippen LogP contribution in [0.25, 0.3) is 0 Å². The molecule has 1 atom stereocenters. The molecule has 0 unspecified atom stereocenters. The predicted octanol–water partition coefficient (Wildman–Crippen LogP) is 1.95. The predicted molar refractivity (Wildman–Crippen MR) is 72.6 cm³/mol. The number of hydrogen-bond acceptors (Lipinski definition) is 4. The largest absolute Gasteiger partial charge is 0.449 e. The Kier molecular flexibility index (Phi) is 7.44. The zero-order valence-electron chi connectivity index (χ0n) is 10.9. The number of unbranched alkanes of at least 4 members (excludes halogenated alkanes) is 1. The van der Waals surface area contributed by atoms with Gasteiger partial charge in [0.2, 0.25) is 0 Å². The van der Waals surface area contributed by atoms with E-state index in [1.165, 1.54) is 0 Å². The Morgan fingerprint density at radius 1 is 1.59 bits per heavy atom. The van der Waals surface area contributed by atoms with Crippen molar-refractivity contribution in [3.05, 3.63) is 0 Å². The molecule has 4 nitrogen and oxygen atoms in total. The highest BCUT2D eigenvalue weighted by Gasteiger charge is 2.26. The lowest BCUT2D eigenvalue weighted by Gasteiger charge is -2.35. The summed E-state index contributed by atoms with van der Waals surface area (Å²) in [6, 6.07) is 0.297. The minimum absolute atomic E-state index is 0.133. The summed E-state index contributed by atoms with van der Waals surface area (Å²) in [6.45, 7) is 5.18. The lowest BCUT2D eigenvalue weighted by molar-refractivity contribution is 0.0758. The lowest BCUT2D eigenvalue weighted by atomic mass is 10.1. The van der Waals surface area contributed by atoms with Crippen molar-refractivity contribution in [3.8, 4) is 0 Å². The van der Waals surface area contributed by atoms with E-state index in [4.69, 9.17) is 4.74 Å². The number of rotatable bonds is 6. The number of ether oxygens (including phenoxy) is 1. The number of thioether (sulfide) groups is 1. The average Bonchev–Trinajstić information content (AvgIpc) is 2.37. The number of carbonyl (C=O) groups excluding carboxylic acids is 1. The smallest absolute Gasteiger partial charge is 0.410 e. The van der Waals surface area contributed by atoms with E-state index in [1.54, 1.807) is 0 Å². The number of nitrogens with one attached hydrogen (secondary N) is 1. The lowest BCUT2D eigenvalue weighted by Crippen LogP contribution is -2.54. The summed E-state index contributed by atoms with van der Waals surface area (Å²) in [6.07, 6.45) is 5.01. The Labute approximate surface area is 108 Å². The average molecular weight is 260 g/mol. The quantitative estimate of drug-likeness (QED) is 0.741. The molecule has 1 saturated heterocycles. The Bertz CT molecular complexity index is 227. The maximum Gasteiger partial charge on any atom is 0.410 e. The molecule has 0 aromatic rings. The summed E-state index contributed by atoms with van der Waals surface area (Å²) >= 11 is 1.82. The van der Waals surface area contributed by atoms with Crippen molar-refractivity contribution in [1.29, 1.82) is 0 Å². The van der Waals surface area contributed by atoms with E-state index >= 15 is 0 Å². The van der Waals surface area contributed by atoms with Crippen LogP contribution in [0.4, 0.5) is 4.79 Å². The molecular weight excluding hydrogens is 236 g/mol. The van der Waals surface area contributed by atoms with Gasteiger partial charge in [-0.3, -0.25) is 0 Å². The van der Waals surface area contributed by atoms with Crippen LogP contribution in [0.5, 0.6) is 0 Å². The van der Waals surface area contributed by atoms with Gasteiger partial charge in [0.05, 0.1) is 6.61 Å². The van der Waals surface area contributed by atoms with Crippen LogP contribution in [0.15, 0.2) is 0 Å². The molecule has 17 heavy (non-hydrogen) atoms. The van der Waals surface area contributed by atoms with Gasteiger partial charge in [-0.25, -0.2) is 4.79 Å². The third-order valence-electron chi connectivity index (χ3n) is 2.96. The van der Waals surface area contributed by atoms with Gasteiger partial charge in [-0.05, 0) is 24.9 Å². The first-order valence-electron chi connectivity index (χ1n) is 6.42. The van der Waals surface area contributed by atoms with E-state index in [0.717, 1.165) is 44.6 Å². The zero-order chi connectivity index (χ0) is 12.5. The highest BCUT2D eigenvalue weighted by Crippen LogP contribution is 2.12.